The van der Waals surface area contributed by atoms with Crippen molar-refractivity contribution in [3.05, 3.63) is 0 Å². The normalized spacial score (nSPS) is 11.5. The summed E-state index contributed by atoms with van der Waals surface area (Å²) in [5.41, 5.74) is 84.9. The van der Waals surface area contributed by atoms with Gasteiger partial charge in [0, 0.05) is 6.54 Å². The van der Waals surface area contributed by atoms with Crippen LogP contribution in [0.1, 0.15) is 6.92 Å². The SMILES string of the molecule is CCNNNNNNNNNNNNNNNNNNNNNNNNNNNNNNNNNNN. The van der Waals surface area contributed by atoms with Crippen molar-refractivity contribution in [2.45, 2.75) is 6.92 Å². The van der Waals surface area contributed by atoms with Crippen molar-refractivity contribution in [1.29, 1.82) is 0 Å². The van der Waals surface area contributed by atoms with Gasteiger partial charge >= 0.3 is 0 Å². The smallest absolute Gasteiger partial charge is 0.00850 e. The molecule has 0 aliphatic carbocycles. The Balaban J connectivity index is 3.00. The molecule has 224 valence electrons. The van der Waals surface area contributed by atoms with Crippen LogP contribution in [-0.4, -0.2) is 6.54 Å². The molecular formula is C2H41N35. The van der Waals surface area contributed by atoms with Gasteiger partial charge in [-0.2, -0.15) is 183 Å². The molecule has 36 N–H and O–H groups in total. The van der Waals surface area contributed by atoms with Gasteiger partial charge in [0.2, 0.25) is 0 Å². The average Bonchev–Trinajstić information content (AvgIpc) is 2.91. The van der Waals surface area contributed by atoms with Gasteiger partial charge in [0.1, 0.15) is 0 Å². The fraction of sp³-hybridized carbons (Fsp3) is 1.00. The molecule has 0 rings (SSSR count). The van der Waals surface area contributed by atoms with Crippen molar-refractivity contribution in [2.75, 3.05) is 6.54 Å². The maximum absolute atomic E-state index is 4.93. The number of hydrogen-bond donors (Lipinski definition) is 35. The molecule has 0 fully saturated rings. The van der Waals surface area contributed by atoms with Gasteiger partial charge in [-0.1, -0.05) is 6.92 Å². The van der Waals surface area contributed by atoms with E-state index in [2.05, 4.69) is 188 Å². The molecule has 35 nitrogen and oxygen atoms in total. The molecule has 0 aromatic carbocycles. The molecule has 0 radical (unpaired) electrons. The summed E-state index contributed by atoms with van der Waals surface area (Å²) in [6, 6.07) is 0. The maximum atomic E-state index is 4.93. The molecule has 35 heteroatoms. The highest BCUT2D eigenvalue weighted by molar-refractivity contribution is 4.22. The summed E-state index contributed by atoms with van der Waals surface area (Å²) in [4.78, 5) is 0. The number of nitrogens with one attached hydrogen (secondary N) is 34. The summed E-state index contributed by atoms with van der Waals surface area (Å²) >= 11 is 0. The quantitative estimate of drug-likeness (QED) is 0.0199. The van der Waals surface area contributed by atoms with Crippen LogP contribution in [0.4, 0.5) is 0 Å². The largest absolute Gasteiger partial charge is 0.257 e. The Morgan fingerprint density at radius 2 is 0.432 bits per heavy atom. The highest BCUT2D eigenvalue weighted by Crippen LogP contribution is 1.38. The molecule has 0 aliphatic rings. The first-order valence-electron chi connectivity index (χ1n) is 9.60. The lowest BCUT2D eigenvalue weighted by atomic mass is 10.8. The summed E-state index contributed by atoms with van der Waals surface area (Å²) < 4.78 is 0. The summed E-state index contributed by atoms with van der Waals surface area (Å²) in [5, 5.41) is 0. The van der Waals surface area contributed by atoms with Gasteiger partial charge in [-0.15, -0.1) is 0 Å². The third-order valence-electron chi connectivity index (χ3n) is 2.27. The van der Waals surface area contributed by atoms with Gasteiger partial charge in [0.15, 0.2) is 0 Å². The number of hydrazine groups is 34. The van der Waals surface area contributed by atoms with E-state index in [1.807, 2.05) is 6.92 Å². The summed E-state index contributed by atoms with van der Waals surface area (Å²) in [7, 11) is 0. The zero-order chi connectivity index (χ0) is 26.7. The van der Waals surface area contributed by atoms with Crippen LogP contribution in [0.25, 0.3) is 0 Å². The predicted octanol–water partition coefficient (Wildman–Crippen LogP) is -16.9. The van der Waals surface area contributed by atoms with Gasteiger partial charge in [-0.3, -0.25) is 5.84 Å². The Kier molecular flexibility index (Phi) is 33.3. The van der Waals surface area contributed by atoms with Crippen molar-refractivity contribution >= 4 is 0 Å². The summed E-state index contributed by atoms with van der Waals surface area (Å²) in [6.45, 7) is 2.70. The van der Waals surface area contributed by atoms with E-state index in [0.717, 1.165) is 6.54 Å². The second-order valence-corrected chi connectivity index (χ2v) is 4.67. The van der Waals surface area contributed by atoms with Gasteiger partial charge in [-0.05, 0) is 0 Å². The Morgan fingerprint density at radius 1 is 0.270 bits per heavy atom. The minimum atomic E-state index is 0.756. The third-order valence-corrected chi connectivity index (χ3v) is 2.27. The average molecular weight is 556 g/mol. The van der Waals surface area contributed by atoms with Gasteiger partial charge in [0.05, 0.1) is 0 Å². The maximum Gasteiger partial charge on any atom is 0.00850 e. The van der Waals surface area contributed by atoms with E-state index < -0.39 is 0 Å². The second kappa shape index (κ2) is 34.6. The number of nitrogens with two attached hydrogens (primary N) is 1. The van der Waals surface area contributed by atoms with Crippen LogP contribution in [0.5, 0.6) is 0 Å². The Hall–Kier alpha value is -1.40. The third kappa shape index (κ3) is 34.6. The van der Waals surface area contributed by atoms with E-state index in [4.69, 9.17) is 5.84 Å². The van der Waals surface area contributed by atoms with Crippen molar-refractivity contribution in [3.8, 4) is 0 Å². The van der Waals surface area contributed by atoms with Crippen molar-refractivity contribution in [3.63, 3.8) is 0 Å². The fourth-order valence-corrected chi connectivity index (χ4v) is 1.11. The second-order valence-electron chi connectivity index (χ2n) is 4.67. The molecule has 0 unspecified atom stereocenters. The van der Waals surface area contributed by atoms with Crippen molar-refractivity contribution in [2.24, 2.45) is 5.84 Å². The minimum absolute atomic E-state index is 0.756. The van der Waals surface area contributed by atoms with Crippen LogP contribution in [0, 0.1) is 0 Å². The first kappa shape index (κ1) is 35.6. The molecule has 0 bridgehead atoms. The van der Waals surface area contributed by atoms with Crippen LogP contribution in [0.15, 0.2) is 0 Å². The first-order valence-corrected chi connectivity index (χ1v) is 9.60. The van der Waals surface area contributed by atoms with E-state index >= 15 is 0 Å². The summed E-state index contributed by atoms with van der Waals surface area (Å²) in [6.07, 6.45) is 0. The monoisotopic (exact) mass is 555 g/mol. The first-order chi connectivity index (χ1) is 18.4. The molecular weight excluding hydrogens is 514 g/mol. The topological polar surface area (TPSA) is 435 Å². The van der Waals surface area contributed by atoms with Crippen molar-refractivity contribution in [1.82, 2.24) is 188 Å². The lowest BCUT2D eigenvalue weighted by molar-refractivity contribution is 0.181. The van der Waals surface area contributed by atoms with Crippen LogP contribution < -0.4 is 194 Å². The molecule has 0 aliphatic heterocycles. The zero-order valence-corrected chi connectivity index (χ0v) is 19.3. The molecule has 0 amide bonds. The zero-order valence-electron chi connectivity index (χ0n) is 19.3. The van der Waals surface area contributed by atoms with E-state index in [1.165, 1.54) is 0 Å². The van der Waals surface area contributed by atoms with Gasteiger partial charge in [0.25, 0.3) is 0 Å². The predicted molar refractivity (Wildman–Crippen MR) is 121 cm³/mol. The summed E-state index contributed by atoms with van der Waals surface area (Å²) in [5.74, 6) is 4.93. The fourth-order valence-electron chi connectivity index (χ4n) is 1.11. The highest BCUT2D eigenvalue weighted by Gasteiger charge is 1.86. The van der Waals surface area contributed by atoms with Crippen LogP contribution in [0.2, 0.25) is 0 Å². The standard InChI is InChI=1S/C2H41N35/c1-2-4-6-8-10-12-14-16-18-20-22-24-26-28-30-32-34-36-37-35-33-31-29-27-25-23-21-19-17-15-13-11-9-7-5-3/h4-37H,2-3H2,1H3. The van der Waals surface area contributed by atoms with E-state index in [0.29, 0.717) is 0 Å². The van der Waals surface area contributed by atoms with Crippen LogP contribution in [0.3, 0.4) is 0 Å². The molecule has 0 heterocycles. The molecule has 37 heavy (non-hydrogen) atoms. The molecule has 0 aromatic rings. The lowest BCUT2D eigenvalue weighted by Crippen LogP contribution is -2.70. The molecule has 0 saturated heterocycles. The minimum Gasteiger partial charge on any atom is -0.257 e. The molecule has 0 atom stereocenters. The van der Waals surface area contributed by atoms with E-state index in [1.54, 1.807) is 0 Å². The van der Waals surface area contributed by atoms with E-state index in [9.17, 15) is 0 Å². The van der Waals surface area contributed by atoms with Crippen molar-refractivity contribution < 1.29 is 0 Å². The Morgan fingerprint density at radius 3 is 0.595 bits per heavy atom. The van der Waals surface area contributed by atoms with Gasteiger partial charge < -0.3 is 0 Å². The van der Waals surface area contributed by atoms with Crippen LogP contribution >= 0.6 is 0 Å². The Labute approximate surface area is 208 Å². The highest BCUT2D eigenvalue weighted by atomic mass is 16.0. The molecule has 0 spiro atoms. The molecule has 0 saturated carbocycles. The van der Waals surface area contributed by atoms with E-state index in [-0.39, 0.29) is 0 Å². The van der Waals surface area contributed by atoms with Crippen LogP contribution in [-0.2, 0) is 0 Å². The number of hydrogen-bond acceptors (Lipinski definition) is 35. The lowest BCUT2D eigenvalue weighted by Gasteiger charge is -2.16. The number of rotatable bonds is 34. The molecule has 0 aromatic heterocycles. The van der Waals surface area contributed by atoms with Gasteiger partial charge in [-0.25, -0.2) is 5.43 Å². The Bertz CT molecular complexity index is 336.